The molecule has 3 N–H and O–H groups in total. The second-order valence-corrected chi connectivity index (χ2v) is 10.6. The second kappa shape index (κ2) is 14.7. The molecule has 226 valence electrons. The molecule has 0 aliphatic rings. The van der Waals surface area contributed by atoms with Crippen LogP contribution in [0.5, 0.6) is 11.5 Å². The SMILES string of the molecule is CCOC(=O)OC(C)C(C)C(c1ccc(OC(=O)OC(C)(C)CC)c(OC(=O)OC(C)(C)CC)c1)[C@H](N)C(=O)O. The number of carbonyl (C=O) groups excluding carboxylic acids is 3. The van der Waals surface area contributed by atoms with Gasteiger partial charge >= 0.3 is 24.4 Å². The summed E-state index contributed by atoms with van der Waals surface area (Å²) in [5.74, 6) is -3.28. The van der Waals surface area contributed by atoms with Gasteiger partial charge in [0.1, 0.15) is 23.3 Å². The zero-order chi connectivity index (χ0) is 30.8. The van der Waals surface area contributed by atoms with Crippen molar-refractivity contribution < 1.29 is 52.7 Å². The molecule has 0 saturated carbocycles. The number of hydrogen-bond donors (Lipinski definition) is 2. The fraction of sp³-hybridized carbons (Fsp3) is 0.643. The quantitative estimate of drug-likeness (QED) is 0.167. The number of nitrogens with two attached hydrogens (primary N) is 1. The van der Waals surface area contributed by atoms with E-state index in [2.05, 4.69) is 0 Å². The summed E-state index contributed by atoms with van der Waals surface area (Å²) in [5, 5.41) is 9.74. The van der Waals surface area contributed by atoms with Crippen molar-refractivity contribution in [1.82, 2.24) is 0 Å². The summed E-state index contributed by atoms with van der Waals surface area (Å²) >= 11 is 0. The van der Waals surface area contributed by atoms with Gasteiger partial charge in [-0.15, -0.1) is 0 Å². The van der Waals surface area contributed by atoms with Gasteiger partial charge in [-0.2, -0.15) is 0 Å². The highest BCUT2D eigenvalue weighted by atomic mass is 16.8. The van der Waals surface area contributed by atoms with Crippen molar-refractivity contribution in [1.29, 1.82) is 0 Å². The molecule has 0 bridgehead atoms. The van der Waals surface area contributed by atoms with Crippen LogP contribution < -0.4 is 15.2 Å². The zero-order valence-electron chi connectivity index (χ0n) is 24.8. The van der Waals surface area contributed by atoms with Crippen molar-refractivity contribution in [3.8, 4) is 11.5 Å². The molecule has 1 rings (SSSR count). The minimum absolute atomic E-state index is 0.100. The van der Waals surface area contributed by atoms with Crippen LogP contribution in [0.2, 0.25) is 0 Å². The smallest absolute Gasteiger partial charge is 0.480 e. The minimum atomic E-state index is -1.44. The Bertz CT molecular complexity index is 1040. The van der Waals surface area contributed by atoms with Crippen molar-refractivity contribution >= 4 is 24.4 Å². The number of carboxylic acid groups (broad SMARTS) is 1. The molecule has 0 fully saturated rings. The molecule has 1 aromatic carbocycles. The molecule has 0 aliphatic heterocycles. The molecule has 4 atom stereocenters. The van der Waals surface area contributed by atoms with E-state index in [1.54, 1.807) is 48.5 Å². The highest BCUT2D eigenvalue weighted by Crippen LogP contribution is 2.38. The van der Waals surface area contributed by atoms with Crippen LogP contribution in [0.3, 0.4) is 0 Å². The first-order valence-corrected chi connectivity index (χ1v) is 13.2. The van der Waals surface area contributed by atoms with Crippen LogP contribution in [0.15, 0.2) is 18.2 Å². The van der Waals surface area contributed by atoms with Crippen molar-refractivity contribution in [3.05, 3.63) is 23.8 Å². The van der Waals surface area contributed by atoms with E-state index in [4.69, 9.17) is 34.2 Å². The van der Waals surface area contributed by atoms with Crippen LogP contribution in [0.25, 0.3) is 0 Å². The maximum atomic E-state index is 12.6. The Labute approximate surface area is 235 Å². The van der Waals surface area contributed by atoms with E-state index in [1.165, 1.54) is 18.2 Å². The lowest BCUT2D eigenvalue weighted by Crippen LogP contribution is -2.42. The van der Waals surface area contributed by atoms with Gasteiger partial charge in [-0.1, -0.05) is 26.8 Å². The van der Waals surface area contributed by atoms with Crippen molar-refractivity contribution in [3.63, 3.8) is 0 Å². The summed E-state index contributed by atoms with van der Waals surface area (Å²) in [6.07, 6.45) is -2.81. The first-order valence-electron chi connectivity index (χ1n) is 13.2. The Morgan fingerprint density at radius 2 is 1.35 bits per heavy atom. The maximum absolute atomic E-state index is 12.6. The van der Waals surface area contributed by atoms with E-state index in [0.717, 1.165) is 0 Å². The largest absolute Gasteiger partial charge is 0.514 e. The Kier molecular flexibility index (Phi) is 12.7. The van der Waals surface area contributed by atoms with Gasteiger partial charge in [0, 0.05) is 11.8 Å². The predicted octanol–water partition coefficient (Wildman–Crippen LogP) is 5.79. The number of aliphatic carboxylic acids is 1. The molecule has 3 unspecified atom stereocenters. The molecule has 0 spiro atoms. The number of carbonyl (C=O) groups is 4. The molecule has 0 aliphatic carbocycles. The number of carboxylic acids is 1. The summed E-state index contributed by atoms with van der Waals surface area (Å²) in [6.45, 7) is 15.4. The molecule has 40 heavy (non-hydrogen) atoms. The average molecular weight is 570 g/mol. The molecule has 12 nitrogen and oxygen atoms in total. The zero-order valence-corrected chi connectivity index (χ0v) is 24.8. The first-order chi connectivity index (χ1) is 18.5. The van der Waals surface area contributed by atoms with Crippen LogP contribution in [-0.4, -0.2) is 59.5 Å². The van der Waals surface area contributed by atoms with Crippen molar-refractivity contribution in [2.75, 3.05) is 6.61 Å². The molecular formula is C28H43NO11. The predicted molar refractivity (Wildman–Crippen MR) is 144 cm³/mol. The highest BCUT2D eigenvalue weighted by molar-refractivity contribution is 5.75. The monoisotopic (exact) mass is 569 g/mol. The number of rotatable bonds is 13. The Morgan fingerprint density at radius 3 is 1.80 bits per heavy atom. The third-order valence-corrected chi connectivity index (χ3v) is 6.68. The van der Waals surface area contributed by atoms with E-state index in [9.17, 15) is 24.3 Å². The lowest BCUT2D eigenvalue weighted by Gasteiger charge is -2.31. The molecule has 0 amide bonds. The van der Waals surface area contributed by atoms with E-state index in [1.807, 2.05) is 13.8 Å². The Hall–Kier alpha value is -3.54. The third-order valence-electron chi connectivity index (χ3n) is 6.68. The molecular weight excluding hydrogens is 526 g/mol. The normalized spacial score (nSPS) is 14.7. The molecule has 0 saturated heterocycles. The van der Waals surface area contributed by atoms with Crippen LogP contribution in [0.1, 0.15) is 86.6 Å². The van der Waals surface area contributed by atoms with Gasteiger partial charge in [0.15, 0.2) is 11.5 Å². The Balaban J connectivity index is 3.52. The molecule has 12 heteroatoms. The van der Waals surface area contributed by atoms with Gasteiger partial charge in [0.2, 0.25) is 0 Å². The molecule has 0 heterocycles. The summed E-state index contributed by atoms with van der Waals surface area (Å²) in [6, 6.07) is 2.69. The van der Waals surface area contributed by atoms with Crippen LogP contribution in [-0.2, 0) is 23.7 Å². The summed E-state index contributed by atoms with van der Waals surface area (Å²) in [5.41, 5.74) is 4.72. The van der Waals surface area contributed by atoms with Gasteiger partial charge in [-0.25, -0.2) is 14.4 Å². The fourth-order valence-corrected chi connectivity index (χ4v) is 3.41. The van der Waals surface area contributed by atoms with E-state index < -0.39 is 59.6 Å². The number of ether oxygens (including phenoxy) is 6. The topological polar surface area (TPSA) is 170 Å². The standard InChI is InChI=1S/C28H43NO11/c1-10-27(6,7)39-25(33)37-19-14-13-18(15-20(19)38-26(34)40-28(8,9)11-2)21(22(29)23(30)31)16(4)17(5)36-24(32)35-12-3/h13-17,21-22H,10-12,29H2,1-9H3,(H,30,31)/t16?,17?,21?,22-/m0/s1. The molecule has 0 radical (unpaired) electrons. The van der Waals surface area contributed by atoms with Crippen LogP contribution >= 0.6 is 0 Å². The van der Waals surface area contributed by atoms with Crippen LogP contribution in [0.4, 0.5) is 14.4 Å². The van der Waals surface area contributed by atoms with E-state index in [-0.39, 0.29) is 18.1 Å². The summed E-state index contributed by atoms with van der Waals surface area (Å²) in [7, 11) is 0. The second-order valence-electron chi connectivity index (χ2n) is 10.6. The third kappa shape index (κ3) is 10.6. The summed E-state index contributed by atoms with van der Waals surface area (Å²) < 4.78 is 31.6. The lowest BCUT2D eigenvalue weighted by molar-refractivity contribution is -0.139. The number of hydrogen-bond acceptors (Lipinski definition) is 11. The van der Waals surface area contributed by atoms with Crippen LogP contribution in [0, 0.1) is 5.92 Å². The molecule has 0 aromatic heterocycles. The van der Waals surface area contributed by atoms with Crippen molar-refractivity contribution in [2.45, 2.75) is 104 Å². The average Bonchev–Trinajstić information content (AvgIpc) is 2.84. The van der Waals surface area contributed by atoms with E-state index >= 15 is 0 Å². The van der Waals surface area contributed by atoms with Crippen molar-refractivity contribution in [2.24, 2.45) is 11.7 Å². The maximum Gasteiger partial charge on any atom is 0.514 e. The minimum Gasteiger partial charge on any atom is -0.480 e. The Morgan fingerprint density at radius 1 is 0.850 bits per heavy atom. The summed E-state index contributed by atoms with van der Waals surface area (Å²) in [4.78, 5) is 49.0. The van der Waals surface area contributed by atoms with E-state index in [0.29, 0.717) is 18.4 Å². The highest BCUT2D eigenvalue weighted by Gasteiger charge is 2.36. The number of benzene rings is 1. The van der Waals surface area contributed by atoms with Gasteiger partial charge in [0.25, 0.3) is 0 Å². The lowest BCUT2D eigenvalue weighted by atomic mass is 9.79. The van der Waals surface area contributed by atoms with Gasteiger partial charge in [-0.05, 0) is 72.1 Å². The van der Waals surface area contributed by atoms with Gasteiger partial charge in [0.05, 0.1) is 6.61 Å². The fourth-order valence-electron chi connectivity index (χ4n) is 3.41. The first kappa shape index (κ1) is 34.5. The van der Waals surface area contributed by atoms with Gasteiger partial charge in [-0.3, -0.25) is 4.79 Å². The van der Waals surface area contributed by atoms with Gasteiger partial charge < -0.3 is 39.3 Å². The molecule has 1 aromatic rings.